The molecule has 8 heteroatoms. The molecule has 0 spiro atoms. The fourth-order valence-electron chi connectivity index (χ4n) is 2.90. The molecular formula is C19H24ClN5O2. The Labute approximate surface area is 164 Å². The number of carbonyl (C=O) groups is 1. The van der Waals surface area contributed by atoms with Crippen molar-refractivity contribution in [3.8, 4) is 5.75 Å². The van der Waals surface area contributed by atoms with Gasteiger partial charge < -0.3 is 15.0 Å². The summed E-state index contributed by atoms with van der Waals surface area (Å²) in [7, 11) is 0. The predicted octanol–water partition coefficient (Wildman–Crippen LogP) is 1.84. The average molecular weight is 390 g/mol. The largest absolute Gasteiger partial charge is 0.481 e. The number of nitrogens with zero attached hydrogens (tertiary/aromatic N) is 4. The molecule has 3 rings (SSSR count). The van der Waals surface area contributed by atoms with E-state index in [4.69, 9.17) is 16.3 Å². The van der Waals surface area contributed by atoms with E-state index in [1.54, 1.807) is 43.6 Å². The van der Waals surface area contributed by atoms with Crippen LogP contribution in [0, 0.1) is 0 Å². The smallest absolute Gasteiger partial charge is 0.260 e. The van der Waals surface area contributed by atoms with Crippen LogP contribution in [0.15, 0.2) is 42.7 Å². The van der Waals surface area contributed by atoms with E-state index in [1.165, 1.54) is 0 Å². The Morgan fingerprint density at radius 1 is 1.22 bits per heavy atom. The molecule has 1 aromatic heterocycles. The summed E-state index contributed by atoms with van der Waals surface area (Å²) in [6, 6.07) is 8.86. The highest BCUT2D eigenvalue weighted by Crippen LogP contribution is 2.18. The van der Waals surface area contributed by atoms with E-state index in [1.807, 2.05) is 6.07 Å². The lowest BCUT2D eigenvalue weighted by Gasteiger charge is -2.34. The summed E-state index contributed by atoms with van der Waals surface area (Å²) in [5.41, 5.74) is 0. The van der Waals surface area contributed by atoms with Crippen molar-refractivity contribution in [3.63, 3.8) is 0 Å². The molecule has 144 valence electrons. The maximum Gasteiger partial charge on any atom is 0.260 e. The van der Waals surface area contributed by atoms with Crippen molar-refractivity contribution in [2.45, 2.75) is 13.0 Å². The highest BCUT2D eigenvalue weighted by Gasteiger charge is 2.19. The maximum atomic E-state index is 12.2. The summed E-state index contributed by atoms with van der Waals surface area (Å²) in [5, 5.41) is 3.51. The fraction of sp³-hybridized carbons (Fsp3) is 0.421. The van der Waals surface area contributed by atoms with Crippen LogP contribution in [-0.2, 0) is 4.79 Å². The van der Waals surface area contributed by atoms with Crippen LogP contribution >= 0.6 is 11.6 Å². The predicted molar refractivity (Wildman–Crippen MR) is 105 cm³/mol. The number of rotatable bonds is 7. The number of halogens is 1. The van der Waals surface area contributed by atoms with E-state index in [9.17, 15) is 4.79 Å². The van der Waals surface area contributed by atoms with Gasteiger partial charge in [0.25, 0.3) is 5.91 Å². The summed E-state index contributed by atoms with van der Waals surface area (Å²) < 4.78 is 5.63. The van der Waals surface area contributed by atoms with Gasteiger partial charge >= 0.3 is 0 Å². The molecule has 27 heavy (non-hydrogen) atoms. The number of hydrogen-bond acceptors (Lipinski definition) is 6. The van der Waals surface area contributed by atoms with Crippen LogP contribution in [0.2, 0.25) is 5.02 Å². The molecule has 0 radical (unpaired) electrons. The van der Waals surface area contributed by atoms with Crippen LogP contribution in [0.25, 0.3) is 0 Å². The van der Waals surface area contributed by atoms with Crippen molar-refractivity contribution in [2.24, 2.45) is 0 Å². The summed E-state index contributed by atoms with van der Waals surface area (Å²) >= 11 is 5.93. The molecule has 1 amide bonds. The molecule has 1 saturated heterocycles. The zero-order chi connectivity index (χ0) is 19.1. The van der Waals surface area contributed by atoms with Crippen LogP contribution < -0.4 is 15.0 Å². The number of benzene rings is 1. The number of piperazine rings is 1. The number of carbonyl (C=O) groups excluding carboxylic acids is 1. The van der Waals surface area contributed by atoms with Crippen molar-refractivity contribution in [1.82, 2.24) is 20.2 Å². The maximum absolute atomic E-state index is 12.2. The number of ether oxygens (including phenoxy) is 1. The second-order valence-corrected chi connectivity index (χ2v) is 6.82. The fourth-order valence-corrected chi connectivity index (χ4v) is 3.09. The third-order valence-corrected chi connectivity index (χ3v) is 4.65. The number of nitrogens with one attached hydrogen (secondary N) is 1. The van der Waals surface area contributed by atoms with Gasteiger partial charge in [0.1, 0.15) is 5.75 Å². The van der Waals surface area contributed by atoms with Crippen LogP contribution in [0.4, 0.5) is 5.95 Å². The summed E-state index contributed by atoms with van der Waals surface area (Å²) in [6.07, 6.45) is 2.95. The molecule has 1 atom stereocenters. The van der Waals surface area contributed by atoms with Crippen LogP contribution in [0.3, 0.4) is 0 Å². The van der Waals surface area contributed by atoms with Gasteiger partial charge in [0, 0.05) is 56.7 Å². The van der Waals surface area contributed by atoms with E-state index < -0.39 is 6.10 Å². The topological polar surface area (TPSA) is 70.6 Å². The lowest BCUT2D eigenvalue weighted by molar-refractivity contribution is -0.127. The molecule has 1 aliphatic heterocycles. The summed E-state index contributed by atoms with van der Waals surface area (Å²) in [6.45, 7) is 6.72. The molecule has 2 heterocycles. The molecule has 1 unspecified atom stereocenters. The quantitative estimate of drug-likeness (QED) is 0.779. The molecule has 0 aliphatic carbocycles. The Hall–Kier alpha value is -2.38. The van der Waals surface area contributed by atoms with Gasteiger partial charge in [0.05, 0.1) is 0 Å². The first kappa shape index (κ1) is 19.4. The first-order chi connectivity index (χ1) is 13.1. The molecule has 2 aromatic rings. The number of hydrogen-bond donors (Lipinski definition) is 1. The average Bonchev–Trinajstić information content (AvgIpc) is 2.69. The first-order valence-corrected chi connectivity index (χ1v) is 9.44. The molecular weight excluding hydrogens is 366 g/mol. The lowest BCUT2D eigenvalue weighted by atomic mass is 10.3. The van der Waals surface area contributed by atoms with Crippen molar-refractivity contribution in [2.75, 3.05) is 44.2 Å². The highest BCUT2D eigenvalue weighted by molar-refractivity contribution is 6.30. The van der Waals surface area contributed by atoms with Crippen molar-refractivity contribution in [1.29, 1.82) is 0 Å². The van der Waals surface area contributed by atoms with E-state index >= 15 is 0 Å². The van der Waals surface area contributed by atoms with Crippen LogP contribution in [-0.4, -0.2) is 66.1 Å². The Balaban J connectivity index is 1.35. The van der Waals surface area contributed by atoms with Gasteiger partial charge in [-0.2, -0.15) is 0 Å². The van der Waals surface area contributed by atoms with Crippen LogP contribution in [0.5, 0.6) is 5.75 Å². The zero-order valence-electron chi connectivity index (χ0n) is 15.3. The number of anilines is 1. The lowest BCUT2D eigenvalue weighted by Crippen LogP contribution is -2.49. The Bertz CT molecular complexity index is 738. The third-order valence-electron chi connectivity index (χ3n) is 4.41. The SMILES string of the molecule is CC(Oc1cccc(Cl)c1)C(=O)NCCN1CCN(c2ncccn2)CC1. The van der Waals surface area contributed by atoms with Crippen molar-refractivity contribution < 1.29 is 9.53 Å². The van der Waals surface area contributed by atoms with Gasteiger partial charge in [-0.25, -0.2) is 9.97 Å². The zero-order valence-corrected chi connectivity index (χ0v) is 16.1. The molecule has 1 fully saturated rings. The minimum absolute atomic E-state index is 0.133. The summed E-state index contributed by atoms with van der Waals surface area (Å²) in [4.78, 5) is 25.3. The van der Waals surface area contributed by atoms with Gasteiger partial charge in [-0.3, -0.25) is 9.69 Å². The molecule has 1 N–H and O–H groups in total. The standard InChI is InChI=1S/C19H24ClN5O2/c1-15(27-17-5-2-4-16(20)14-17)18(26)21-8-9-24-10-12-25(13-11-24)19-22-6-3-7-23-19/h2-7,14-15H,8-13H2,1H3,(H,21,26). The molecule has 0 bridgehead atoms. The van der Waals surface area contributed by atoms with Gasteiger partial charge in [-0.1, -0.05) is 17.7 Å². The highest BCUT2D eigenvalue weighted by atomic mass is 35.5. The van der Waals surface area contributed by atoms with Crippen LogP contribution in [0.1, 0.15) is 6.92 Å². The molecule has 1 aromatic carbocycles. The third kappa shape index (κ3) is 5.80. The van der Waals surface area contributed by atoms with E-state index in [2.05, 4.69) is 25.1 Å². The minimum Gasteiger partial charge on any atom is -0.481 e. The Morgan fingerprint density at radius 2 is 1.96 bits per heavy atom. The number of amides is 1. The Kier molecular flexibility index (Phi) is 6.84. The minimum atomic E-state index is -0.574. The van der Waals surface area contributed by atoms with E-state index in [-0.39, 0.29) is 5.91 Å². The van der Waals surface area contributed by atoms with Gasteiger partial charge in [0.15, 0.2) is 6.10 Å². The second kappa shape index (κ2) is 9.53. The molecule has 1 aliphatic rings. The monoisotopic (exact) mass is 389 g/mol. The summed E-state index contributed by atoms with van der Waals surface area (Å²) in [5.74, 6) is 1.23. The first-order valence-electron chi connectivity index (χ1n) is 9.06. The molecule has 7 nitrogen and oxygen atoms in total. The van der Waals surface area contributed by atoms with Gasteiger partial charge in [-0.05, 0) is 31.2 Å². The normalized spacial score (nSPS) is 16.0. The van der Waals surface area contributed by atoms with Gasteiger partial charge in [0.2, 0.25) is 5.95 Å². The Morgan fingerprint density at radius 3 is 2.67 bits per heavy atom. The van der Waals surface area contributed by atoms with Gasteiger partial charge in [-0.15, -0.1) is 0 Å². The van der Waals surface area contributed by atoms with E-state index in [0.717, 1.165) is 38.7 Å². The van der Waals surface area contributed by atoms with E-state index in [0.29, 0.717) is 17.3 Å². The number of aromatic nitrogens is 2. The second-order valence-electron chi connectivity index (χ2n) is 6.39. The van der Waals surface area contributed by atoms with Crippen molar-refractivity contribution in [3.05, 3.63) is 47.7 Å². The van der Waals surface area contributed by atoms with Crippen molar-refractivity contribution >= 4 is 23.5 Å². The molecule has 0 saturated carbocycles.